The quantitative estimate of drug-likeness (QED) is 0.560. The minimum Gasteiger partial charge on any atom is -0.456 e. The monoisotopic (exact) mass is 353 g/mol. The Hall–Kier alpha value is -2.51. The van der Waals surface area contributed by atoms with Gasteiger partial charge in [0.25, 0.3) is 5.91 Å². The van der Waals surface area contributed by atoms with E-state index in [2.05, 4.69) is 15.3 Å². The van der Waals surface area contributed by atoms with Crippen LogP contribution in [0, 0.1) is 6.92 Å². The summed E-state index contributed by atoms with van der Waals surface area (Å²) in [5.41, 5.74) is 3.53. The van der Waals surface area contributed by atoms with Crippen molar-refractivity contribution >= 4 is 51.3 Å². The Labute approximate surface area is 147 Å². The molecule has 0 saturated carbocycles. The molecule has 0 radical (unpaired) electrons. The van der Waals surface area contributed by atoms with Gasteiger partial charge < -0.3 is 9.73 Å². The Bertz CT molecular complexity index is 1020. The first-order valence-corrected chi connectivity index (χ1v) is 8.38. The number of carbonyl (C=O) groups excluding carboxylic acids is 1. The highest BCUT2D eigenvalue weighted by Gasteiger charge is 2.22. The second-order valence-electron chi connectivity index (χ2n) is 5.29. The van der Waals surface area contributed by atoms with Crippen LogP contribution in [-0.2, 0) is 4.79 Å². The maximum Gasteiger partial charge on any atom is 0.263 e. The van der Waals surface area contributed by atoms with Crippen LogP contribution in [0.2, 0.25) is 0 Å². The second-order valence-corrected chi connectivity index (χ2v) is 7.01. The first-order chi connectivity index (χ1) is 11.6. The Morgan fingerprint density at radius 1 is 1.33 bits per heavy atom. The molecule has 7 heteroatoms. The van der Waals surface area contributed by atoms with Gasteiger partial charge in [0.15, 0.2) is 0 Å². The molecule has 1 aliphatic heterocycles. The zero-order valence-corrected chi connectivity index (χ0v) is 14.2. The number of nitrogens with one attached hydrogen (secondary N) is 1. The van der Waals surface area contributed by atoms with E-state index in [9.17, 15) is 4.79 Å². The molecule has 0 unspecified atom stereocenters. The molecule has 1 amide bonds. The predicted molar refractivity (Wildman–Crippen MR) is 98.3 cm³/mol. The zero-order chi connectivity index (χ0) is 16.7. The van der Waals surface area contributed by atoms with E-state index in [-0.39, 0.29) is 5.91 Å². The Kier molecular flexibility index (Phi) is 3.66. The Morgan fingerprint density at radius 2 is 2.21 bits per heavy atom. The number of aryl methyl sites for hydroxylation is 1. The molecule has 1 N–H and O–H groups in total. The van der Waals surface area contributed by atoms with E-state index >= 15 is 0 Å². The lowest BCUT2D eigenvalue weighted by Crippen LogP contribution is -2.17. The van der Waals surface area contributed by atoms with Gasteiger partial charge in [-0.05, 0) is 30.7 Å². The highest BCUT2D eigenvalue weighted by atomic mass is 32.2. The molecule has 0 bridgehead atoms. The summed E-state index contributed by atoms with van der Waals surface area (Å²) >= 11 is 6.22. The van der Waals surface area contributed by atoms with Crippen LogP contribution < -0.4 is 5.32 Å². The van der Waals surface area contributed by atoms with Crippen LogP contribution >= 0.6 is 24.0 Å². The normalized spacial score (nSPS) is 16.1. The van der Waals surface area contributed by atoms with E-state index in [4.69, 9.17) is 16.6 Å². The number of carbonyl (C=O) groups is 1. The summed E-state index contributed by atoms with van der Waals surface area (Å²) in [4.78, 5) is 20.8. The number of thioether (sulfide) groups is 1. The molecule has 0 spiro atoms. The molecule has 3 aromatic rings. The van der Waals surface area contributed by atoms with Gasteiger partial charge in [0.2, 0.25) is 0 Å². The third-order valence-electron chi connectivity index (χ3n) is 3.56. The minimum atomic E-state index is -0.200. The van der Waals surface area contributed by atoms with Crippen molar-refractivity contribution in [1.29, 1.82) is 0 Å². The number of amides is 1. The maximum atomic E-state index is 11.8. The van der Waals surface area contributed by atoms with E-state index in [1.807, 2.05) is 25.1 Å². The molecular weight excluding hydrogens is 342 g/mol. The summed E-state index contributed by atoms with van der Waals surface area (Å²) in [6.45, 7) is 1.94. The fraction of sp³-hybridized carbons (Fsp3) is 0.0588. The van der Waals surface area contributed by atoms with Crippen molar-refractivity contribution in [1.82, 2.24) is 15.3 Å². The Morgan fingerprint density at radius 3 is 2.96 bits per heavy atom. The molecule has 0 atom stereocenters. The fourth-order valence-corrected chi connectivity index (χ4v) is 3.55. The van der Waals surface area contributed by atoms with Gasteiger partial charge in [-0.3, -0.25) is 14.8 Å². The number of nitrogens with zero attached hydrogens (tertiary/aromatic N) is 2. The number of hydrogen-bond donors (Lipinski definition) is 1. The van der Waals surface area contributed by atoms with E-state index < -0.39 is 0 Å². The minimum absolute atomic E-state index is 0.200. The van der Waals surface area contributed by atoms with Crippen LogP contribution in [0.4, 0.5) is 0 Å². The predicted octanol–water partition coefficient (Wildman–Crippen LogP) is 3.69. The number of furan rings is 1. The van der Waals surface area contributed by atoms with Crippen molar-refractivity contribution in [3.63, 3.8) is 0 Å². The summed E-state index contributed by atoms with van der Waals surface area (Å²) < 4.78 is 6.42. The molecule has 4 rings (SSSR count). The largest absolute Gasteiger partial charge is 0.456 e. The van der Waals surface area contributed by atoms with Crippen LogP contribution in [-0.4, -0.2) is 20.2 Å². The summed E-state index contributed by atoms with van der Waals surface area (Å²) in [6.07, 6.45) is 6.96. The van der Waals surface area contributed by atoms with E-state index in [0.29, 0.717) is 15.0 Å². The SMILES string of the molecule is Cc1cc(-c2cncc3cc(/C=C4\SC(=S)NC4=O)oc23)ccn1. The van der Waals surface area contributed by atoms with Gasteiger partial charge in [-0.15, -0.1) is 0 Å². The lowest BCUT2D eigenvalue weighted by atomic mass is 10.1. The standard InChI is InChI=1S/C17H11N3O2S2/c1-9-4-10(2-3-19-9)13-8-18-7-11-5-12(22-15(11)13)6-14-16(21)20-17(23)24-14/h2-8H,1H3,(H,20,21,23)/b14-6-. The topological polar surface area (TPSA) is 68.0 Å². The molecule has 3 aromatic heterocycles. The average molecular weight is 353 g/mol. The molecule has 4 heterocycles. The molecule has 1 saturated heterocycles. The third-order valence-corrected chi connectivity index (χ3v) is 4.73. The number of rotatable bonds is 2. The molecule has 0 aliphatic carbocycles. The van der Waals surface area contributed by atoms with Gasteiger partial charge in [-0.25, -0.2) is 0 Å². The fourth-order valence-electron chi connectivity index (χ4n) is 2.52. The average Bonchev–Trinajstić information content (AvgIpc) is 3.09. The van der Waals surface area contributed by atoms with Crippen LogP contribution in [0.5, 0.6) is 0 Å². The highest BCUT2D eigenvalue weighted by Crippen LogP contribution is 2.32. The molecular formula is C17H11N3O2S2. The molecule has 0 aromatic carbocycles. The van der Waals surface area contributed by atoms with Gasteiger partial charge in [0, 0.05) is 41.3 Å². The number of pyridine rings is 2. The molecule has 24 heavy (non-hydrogen) atoms. The van der Waals surface area contributed by atoms with Crippen molar-refractivity contribution in [2.75, 3.05) is 0 Å². The Balaban J connectivity index is 1.82. The van der Waals surface area contributed by atoms with Crippen LogP contribution in [0.25, 0.3) is 28.2 Å². The number of aromatic nitrogens is 2. The van der Waals surface area contributed by atoms with Crippen molar-refractivity contribution in [3.05, 3.63) is 53.1 Å². The lowest BCUT2D eigenvalue weighted by Gasteiger charge is -2.02. The molecule has 118 valence electrons. The highest BCUT2D eigenvalue weighted by molar-refractivity contribution is 8.26. The summed E-state index contributed by atoms with van der Waals surface area (Å²) in [6, 6.07) is 5.76. The number of hydrogen-bond acceptors (Lipinski definition) is 6. The number of thiocarbonyl (C=S) groups is 1. The van der Waals surface area contributed by atoms with Crippen LogP contribution in [0.15, 0.2) is 46.1 Å². The molecule has 1 aliphatic rings. The molecule has 1 fully saturated rings. The van der Waals surface area contributed by atoms with Crippen molar-refractivity contribution < 1.29 is 9.21 Å². The lowest BCUT2D eigenvalue weighted by molar-refractivity contribution is -0.115. The second kappa shape index (κ2) is 5.85. The first-order valence-electron chi connectivity index (χ1n) is 7.15. The number of fused-ring (bicyclic) bond motifs is 1. The van der Waals surface area contributed by atoms with Gasteiger partial charge in [-0.2, -0.15) is 0 Å². The zero-order valence-electron chi connectivity index (χ0n) is 12.6. The van der Waals surface area contributed by atoms with E-state index in [1.54, 1.807) is 24.7 Å². The van der Waals surface area contributed by atoms with Gasteiger partial charge in [0.05, 0.1) is 4.91 Å². The maximum absolute atomic E-state index is 11.8. The van der Waals surface area contributed by atoms with Gasteiger partial charge in [0.1, 0.15) is 15.7 Å². The third kappa shape index (κ3) is 2.72. The van der Waals surface area contributed by atoms with Crippen LogP contribution in [0.3, 0.4) is 0 Å². The van der Waals surface area contributed by atoms with Crippen molar-refractivity contribution in [3.8, 4) is 11.1 Å². The van der Waals surface area contributed by atoms with E-state index in [1.165, 1.54) is 11.8 Å². The van der Waals surface area contributed by atoms with Gasteiger partial charge in [-0.1, -0.05) is 24.0 Å². The van der Waals surface area contributed by atoms with Crippen molar-refractivity contribution in [2.24, 2.45) is 0 Å². The first kappa shape index (κ1) is 15.0. The molecule has 5 nitrogen and oxygen atoms in total. The smallest absolute Gasteiger partial charge is 0.263 e. The van der Waals surface area contributed by atoms with E-state index in [0.717, 1.165) is 27.8 Å². The van der Waals surface area contributed by atoms with Gasteiger partial charge >= 0.3 is 0 Å². The summed E-state index contributed by atoms with van der Waals surface area (Å²) in [5, 5.41) is 3.47. The summed E-state index contributed by atoms with van der Waals surface area (Å²) in [7, 11) is 0. The van der Waals surface area contributed by atoms with Crippen LogP contribution in [0.1, 0.15) is 11.5 Å². The summed E-state index contributed by atoms with van der Waals surface area (Å²) in [5.74, 6) is 0.390. The van der Waals surface area contributed by atoms with Crippen molar-refractivity contribution in [2.45, 2.75) is 6.92 Å².